The van der Waals surface area contributed by atoms with E-state index < -0.39 is 10.0 Å². The van der Waals surface area contributed by atoms with E-state index in [9.17, 15) is 8.42 Å². The maximum absolute atomic E-state index is 12.3. The average molecular weight is 272 g/mol. The number of aromatic nitrogens is 2. The molecule has 1 N–H and O–H groups in total. The smallest absolute Gasteiger partial charge is 0.214 e. The van der Waals surface area contributed by atoms with Crippen molar-refractivity contribution in [2.24, 2.45) is 7.05 Å². The topological polar surface area (TPSA) is 67.2 Å². The molecule has 1 unspecified atom stereocenters. The standard InChI is InChI=1S/C11H20N4O2S/c1-3-8-18(16,17)15-7-4-12-9-10(15)11-13-5-6-14(11)2/h5-6,10,12H,3-4,7-9H2,1-2H3. The molecule has 0 amide bonds. The first kappa shape index (κ1) is 13.5. The quantitative estimate of drug-likeness (QED) is 0.844. The second kappa shape index (κ2) is 5.38. The molecule has 0 spiro atoms. The molecule has 1 atom stereocenters. The Balaban J connectivity index is 2.30. The fourth-order valence-corrected chi connectivity index (χ4v) is 3.99. The van der Waals surface area contributed by atoms with Crippen molar-refractivity contribution in [2.45, 2.75) is 19.4 Å². The first-order valence-corrected chi connectivity index (χ1v) is 7.84. The van der Waals surface area contributed by atoms with Gasteiger partial charge in [0.15, 0.2) is 0 Å². The molecule has 102 valence electrons. The third kappa shape index (κ3) is 2.57. The Morgan fingerprint density at radius 3 is 2.94 bits per heavy atom. The van der Waals surface area contributed by atoms with Crippen molar-refractivity contribution in [3.63, 3.8) is 0 Å². The van der Waals surface area contributed by atoms with Crippen molar-refractivity contribution in [1.29, 1.82) is 0 Å². The summed E-state index contributed by atoms with van der Waals surface area (Å²) in [4.78, 5) is 4.28. The highest BCUT2D eigenvalue weighted by atomic mass is 32.2. The lowest BCUT2D eigenvalue weighted by atomic mass is 10.2. The molecule has 0 aromatic carbocycles. The summed E-state index contributed by atoms with van der Waals surface area (Å²) < 4.78 is 28.0. The summed E-state index contributed by atoms with van der Waals surface area (Å²) in [6, 6.07) is -0.199. The highest BCUT2D eigenvalue weighted by Gasteiger charge is 2.34. The van der Waals surface area contributed by atoms with Crippen molar-refractivity contribution < 1.29 is 8.42 Å². The van der Waals surface area contributed by atoms with E-state index in [1.165, 1.54) is 0 Å². The average Bonchev–Trinajstić information content (AvgIpc) is 2.75. The maximum Gasteiger partial charge on any atom is 0.214 e. The summed E-state index contributed by atoms with van der Waals surface area (Å²) >= 11 is 0. The summed E-state index contributed by atoms with van der Waals surface area (Å²) in [6.07, 6.45) is 4.18. The molecule has 2 heterocycles. The van der Waals surface area contributed by atoms with Gasteiger partial charge in [0.2, 0.25) is 10.0 Å². The molecule has 1 aromatic rings. The number of nitrogens with one attached hydrogen (secondary N) is 1. The number of rotatable bonds is 4. The summed E-state index contributed by atoms with van der Waals surface area (Å²) in [5, 5.41) is 3.24. The molecule has 2 rings (SSSR count). The second-order valence-electron chi connectivity index (χ2n) is 4.54. The number of hydrogen-bond acceptors (Lipinski definition) is 4. The Bertz CT molecular complexity index is 497. The minimum atomic E-state index is -3.19. The lowest BCUT2D eigenvalue weighted by Crippen LogP contribution is -2.49. The predicted molar refractivity (Wildman–Crippen MR) is 69.6 cm³/mol. The molecule has 1 aliphatic heterocycles. The maximum atomic E-state index is 12.3. The van der Waals surface area contributed by atoms with Gasteiger partial charge in [-0.15, -0.1) is 0 Å². The van der Waals surface area contributed by atoms with Crippen LogP contribution in [0.2, 0.25) is 0 Å². The third-order valence-electron chi connectivity index (χ3n) is 3.17. The van der Waals surface area contributed by atoms with Gasteiger partial charge in [-0.1, -0.05) is 6.92 Å². The molecule has 1 aromatic heterocycles. The number of hydrogen-bond donors (Lipinski definition) is 1. The van der Waals surface area contributed by atoms with Crippen molar-refractivity contribution in [3.05, 3.63) is 18.2 Å². The first-order chi connectivity index (χ1) is 8.56. The first-order valence-electron chi connectivity index (χ1n) is 6.23. The molecule has 0 radical (unpaired) electrons. The summed E-state index contributed by atoms with van der Waals surface area (Å²) in [5.74, 6) is 0.996. The normalized spacial score (nSPS) is 22.2. The van der Waals surface area contributed by atoms with Crippen LogP contribution in [0.5, 0.6) is 0 Å². The molecule has 0 bridgehead atoms. The summed E-state index contributed by atoms with van der Waals surface area (Å²) in [6.45, 7) is 3.72. The van der Waals surface area contributed by atoms with Crippen molar-refractivity contribution >= 4 is 10.0 Å². The number of piperazine rings is 1. The molecule has 0 saturated carbocycles. The van der Waals surface area contributed by atoms with E-state index in [0.717, 1.165) is 5.82 Å². The zero-order valence-corrected chi connectivity index (χ0v) is 11.7. The van der Waals surface area contributed by atoms with Crippen LogP contribution in [-0.4, -0.2) is 47.7 Å². The van der Waals surface area contributed by atoms with Crippen LogP contribution in [-0.2, 0) is 17.1 Å². The van der Waals surface area contributed by atoms with E-state index in [1.54, 1.807) is 10.5 Å². The fourth-order valence-electron chi connectivity index (χ4n) is 2.31. The van der Waals surface area contributed by atoms with Crippen molar-refractivity contribution in [1.82, 2.24) is 19.2 Å². The van der Waals surface area contributed by atoms with E-state index in [4.69, 9.17) is 0 Å². The van der Waals surface area contributed by atoms with E-state index in [0.29, 0.717) is 26.1 Å². The molecule has 6 nitrogen and oxygen atoms in total. The van der Waals surface area contributed by atoms with Gasteiger partial charge in [0.25, 0.3) is 0 Å². The molecule has 1 fully saturated rings. The Morgan fingerprint density at radius 2 is 2.33 bits per heavy atom. The summed E-state index contributed by atoms with van der Waals surface area (Å²) in [5.41, 5.74) is 0. The molecule has 7 heteroatoms. The number of sulfonamides is 1. The van der Waals surface area contributed by atoms with Gasteiger partial charge in [0, 0.05) is 39.1 Å². The van der Waals surface area contributed by atoms with Crippen molar-refractivity contribution in [2.75, 3.05) is 25.4 Å². The SMILES string of the molecule is CCCS(=O)(=O)N1CCNCC1c1nccn1C. The Kier molecular flexibility index (Phi) is 4.04. The Morgan fingerprint density at radius 1 is 1.56 bits per heavy atom. The van der Waals surface area contributed by atoms with Crippen LogP contribution in [0.1, 0.15) is 25.2 Å². The number of aryl methyl sites for hydroxylation is 1. The van der Waals surface area contributed by atoms with Gasteiger partial charge >= 0.3 is 0 Å². The van der Waals surface area contributed by atoms with E-state index in [-0.39, 0.29) is 11.8 Å². The predicted octanol–water partition coefficient (Wildman–Crippen LogP) is 0.106. The summed E-state index contributed by atoms with van der Waals surface area (Å²) in [7, 11) is -1.29. The zero-order valence-electron chi connectivity index (χ0n) is 10.8. The Hall–Kier alpha value is -0.920. The van der Waals surface area contributed by atoms with Gasteiger partial charge in [-0.3, -0.25) is 0 Å². The van der Waals surface area contributed by atoms with Gasteiger partial charge < -0.3 is 9.88 Å². The van der Waals surface area contributed by atoms with Crippen LogP contribution in [0, 0.1) is 0 Å². The Labute approximate surface area is 108 Å². The van der Waals surface area contributed by atoms with Gasteiger partial charge in [-0.05, 0) is 6.42 Å². The van der Waals surface area contributed by atoms with Crippen LogP contribution >= 0.6 is 0 Å². The van der Waals surface area contributed by atoms with Gasteiger partial charge in [-0.2, -0.15) is 4.31 Å². The largest absolute Gasteiger partial charge is 0.337 e. The van der Waals surface area contributed by atoms with Crippen LogP contribution in [0.3, 0.4) is 0 Å². The van der Waals surface area contributed by atoms with Gasteiger partial charge in [-0.25, -0.2) is 13.4 Å². The van der Waals surface area contributed by atoms with Crippen LogP contribution < -0.4 is 5.32 Å². The van der Waals surface area contributed by atoms with Crippen LogP contribution in [0.4, 0.5) is 0 Å². The van der Waals surface area contributed by atoms with Crippen LogP contribution in [0.15, 0.2) is 12.4 Å². The van der Waals surface area contributed by atoms with E-state index in [1.807, 2.05) is 24.7 Å². The molecule has 18 heavy (non-hydrogen) atoms. The minimum Gasteiger partial charge on any atom is -0.337 e. The third-order valence-corrected chi connectivity index (χ3v) is 5.25. The van der Waals surface area contributed by atoms with Crippen LogP contribution in [0.25, 0.3) is 0 Å². The molecule has 1 saturated heterocycles. The number of nitrogens with zero attached hydrogens (tertiary/aromatic N) is 3. The minimum absolute atomic E-state index is 0.199. The highest BCUT2D eigenvalue weighted by molar-refractivity contribution is 7.89. The molecule has 1 aliphatic rings. The molecular formula is C11H20N4O2S. The fraction of sp³-hybridized carbons (Fsp3) is 0.727. The van der Waals surface area contributed by atoms with Gasteiger partial charge in [0.1, 0.15) is 5.82 Å². The van der Waals surface area contributed by atoms with E-state index >= 15 is 0 Å². The highest BCUT2D eigenvalue weighted by Crippen LogP contribution is 2.24. The zero-order chi connectivity index (χ0) is 13.2. The lowest BCUT2D eigenvalue weighted by molar-refractivity contribution is 0.258. The monoisotopic (exact) mass is 272 g/mol. The van der Waals surface area contributed by atoms with Crippen molar-refractivity contribution in [3.8, 4) is 0 Å². The number of imidazole rings is 1. The van der Waals surface area contributed by atoms with E-state index in [2.05, 4.69) is 10.3 Å². The lowest BCUT2D eigenvalue weighted by Gasteiger charge is -2.34. The molecule has 0 aliphatic carbocycles. The molecular weight excluding hydrogens is 252 g/mol. The second-order valence-corrected chi connectivity index (χ2v) is 6.58. The van der Waals surface area contributed by atoms with Gasteiger partial charge in [0.05, 0.1) is 11.8 Å².